The maximum atomic E-state index is 13.0. The van der Waals surface area contributed by atoms with Gasteiger partial charge in [-0.2, -0.15) is 0 Å². The summed E-state index contributed by atoms with van der Waals surface area (Å²) < 4.78 is 6.25. The summed E-state index contributed by atoms with van der Waals surface area (Å²) in [6.07, 6.45) is 1.50. The molecule has 160 valence electrons. The maximum absolute atomic E-state index is 13.0. The Morgan fingerprint density at radius 1 is 1.26 bits per heavy atom. The highest BCUT2D eigenvalue weighted by molar-refractivity contribution is 9.10. The predicted molar refractivity (Wildman–Crippen MR) is 123 cm³/mol. The third kappa shape index (κ3) is 5.57. The molecule has 0 aliphatic carbocycles. The summed E-state index contributed by atoms with van der Waals surface area (Å²) in [6.45, 7) is 0.173. The molecule has 3 heterocycles. The zero-order chi connectivity index (χ0) is 21.8. The maximum Gasteiger partial charge on any atom is 0.243 e. The van der Waals surface area contributed by atoms with E-state index in [0.29, 0.717) is 21.8 Å². The molecule has 0 bridgehead atoms. The number of furan rings is 1. The minimum atomic E-state index is -0.643. The number of nitrogens with one attached hydrogen (secondary N) is 2. The van der Waals surface area contributed by atoms with Gasteiger partial charge in [0.1, 0.15) is 11.0 Å². The van der Waals surface area contributed by atoms with Crippen LogP contribution < -0.4 is 10.6 Å². The molecule has 12 heteroatoms. The van der Waals surface area contributed by atoms with Gasteiger partial charge >= 0.3 is 0 Å². The number of thioether (sulfide) groups is 2. The Morgan fingerprint density at radius 2 is 2.06 bits per heavy atom. The summed E-state index contributed by atoms with van der Waals surface area (Å²) in [5, 5.41) is 13.7. The molecule has 1 aromatic carbocycles. The Hall–Kier alpha value is -2.57. The molecule has 2 aliphatic heterocycles. The molecule has 0 saturated carbocycles. The summed E-state index contributed by atoms with van der Waals surface area (Å²) in [5.74, 6) is 0.184. The smallest absolute Gasteiger partial charge is 0.243 e. The molecule has 31 heavy (non-hydrogen) atoms. The van der Waals surface area contributed by atoms with Crippen molar-refractivity contribution in [1.29, 1.82) is 0 Å². The van der Waals surface area contributed by atoms with Gasteiger partial charge in [-0.05, 0) is 36.4 Å². The minimum absolute atomic E-state index is 0.0186. The van der Waals surface area contributed by atoms with Crippen molar-refractivity contribution in [1.82, 2.24) is 10.2 Å². The second kappa shape index (κ2) is 9.71. The highest BCUT2D eigenvalue weighted by Crippen LogP contribution is 2.31. The van der Waals surface area contributed by atoms with E-state index in [-0.39, 0.29) is 36.4 Å². The number of anilines is 1. The van der Waals surface area contributed by atoms with E-state index in [1.54, 1.807) is 24.3 Å². The third-order valence-corrected chi connectivity index (χ3v) is 6.78. The molecule has 2 N–H and O–H groups in total. The number of halogens is 1. The number of amidine groups is 2. The molecule has 0 unspecified atom stereocenters. The van der Waals surface area contributed by atoms with E-state index in [4.69, 9.17) is 4.42 Å². The molecular weight excluding hydrogens is 506 g/mol. The van der Waals surface area contributed by atoms with E-state index >= 15 is 0 Å². The Kier molecular flexibility index (Phi) is 6.78. The molecule has 2 fully saturated rings. The molecule has 4 rings (SSSR count). The number of carbonyl (C=O) groups is 3. The summed E-state index contributed by atoms with van der Waals surface area (Å²) in [4.78, 5) is 38.3. The van der Waals surface area contributed by atoms with Crippen LogP contribution in [0.15, 0.2) is 61.8 Å². The van der Waals surface area contributed by atoms with Crippen LogP contribution in [0.3, 0.4) is 0 Å². The highest BCUT2D eigenvalue weighted by atomic mass is 79.9. The lowest BCUT2D eigenvalue weighted by Gasteiger charge is -2.14. The number of carbonyl (C=O) groups excluding carboxylic acids is 3. The van der Waals surface area contributed by atoms with E-state index in [2.05, 4.69) is 36.8 Å². The van der Waals surface area contributed by atoms with Crippen molar-refractivity contribution in [2.75, 3.05) is 11.1 Å². The average Bonchev–Trinajstić information content (AvgIpc) is 3.46. The van der Waals surface area contributed by atoms with E-state index in [1.807, 2.05) is 12.1 Å². The van der Waals surface area contributed by atoms with Crippen LogP contribution in [0.25, 0.3) is 0 Å². The molecule has 0 spiro atoms. The van der Waals surface area contributed by atoms with Gasteiger partial charge in [0.05, 0.1) is 18.6 Å². The molecule has 2 aromatic rings. The van der Waals surface area contributed by atoms with E-state index in [9.17, 15) is 14.4 Å². The van der Waals surface area contributed by atoms with Crippen LogP contribution in [0.1, 0.15) is 12.2 Å². The van der Waals surface area contributed by atoms with Gasteiger partial charge < -0.3 is 15.1 Å². The topological polar surface area (TPSA) is 116 Å². The highest BCUT2D eigenvalue weighted by Gasteiger charge is 2.40. The number of benzene rings is 1. The van der Waals surface area contributed by atoms with Crippen LogP contribution in [0.2, 0.25) is 0 Å². The lowest BCUT2D eigenvalue weighted by molar-refractivity contribution is -0.128. The Morgan fingerprint density at radius 3 is 2.74 bits per heavy atom. The fourth-order valence-electron chi connectivity index (χ4n) is 2.80. The van der Waals surface area contributed by atoms with Crippen molar-refractivity contribution in [2.24, 2.45) is 10.2 Å². The molecule has 9 nitrogen and oxygen atoms in total. The second-order valence-electron chi connectivity index (χ2n) is 6.49. The Labute approximate surface area is 194 Å². The van der Waals surface area contributed by atoms with Gasteiger partial charge in [-0.15, -0.1) is 10.2 Å². The molecular formula is C19H16BrN5O4S2. The largest absolute Gasteiger partial charge is 0.467 e. The van der Waals surface area contributed by atoms with Crippen LogP contribution in [0.5, 0.6) is 0 Å². The van der Waals surface area contributed by atoms with E-state index in [0.717, 1.165) is 16.2 Å². The number of nitrogens with zero attached hydrogens (tertiary/aromatic N) is 3. The van der Waals surface area contributed by atoms with Gasteiger partial charge in [-0.3, -0.25) is 19.3 Å². The number of hydrogen-bond acceptors (Lipinski definition) is 8. The number of rotatable bonds is 6. The van der Waals surface area contributed by atoms with Gasteiger partial charge in [-0.25, -0.2) is 0 Å². The summed E-state index contributed by atoms with van der Waals surface area (Å²) in [6, 6.07) is 10.7. The van der Waals surface area contributed by atoms with Crippen LogP contribution in [-0.2, 0) is 20.9 Å². The van der Waals surface area contributed by atoms with E-state index in [1.165, 1.54) is 22.9 Å². The van der Waals surface area contributed by atoms with Crippen LogP contribution in [0.4, 0.5) is 5.69 Å². The van der Waals surface area contributed by atoms with Crippen molar-refractivity contribution in [3.63, 3.8) is 0 Å². The lowest BCUT2D eigenvalue weighted by Crippen LogP contribution is -2.33. The zero-order valence-electron chi connectivity index (χ0n) is 15.9. The van der Waals surface area contributed by atoms with Crippen molar-refractivity contribution < 1.29 is 18.8 Å². The fraction of sp³-hybridized carbons (Fsp3) is 0.211. The standard InChI is InChI=1S/C19H16BrN5O4S2/c20-11-3-5-12(6-4-11)21-15(26)8-14-17(28)25(9-13-2-1-7-29-13)19(31-14)24-23-18-22-16(27)10-30-18/h1-7,14H,8-10H2,(H,21,26)(H,22,23,27)/b24-19+/t14-/m1/s1. The normalized spacial score (nSPS) is 21.2. The van der Waals surface area contributed by atoms with Crippen LogP contribution >= 0.6 is 39.5 Å². The molecule has 0 radical (unpaired) electrons. The van der Waals surface area contributed by atoms with Crippen LogP contribution in [-0.4, -0.2) is 44.0 Å². The van der Waals surface area contributed by atoms with Gasteiger partial charge in [-0.1, -0.05) is 39.5 Å². The average molecular weight is 522 g/mol. The lowest BCUT2D eigenvalue weighted by atomic mass is 10.2. The monoisotopic (exact) mass is 521 g/mol. The van der Waals surface area contributed by atoms with Crippen molar-refractivity contribution in [3.05, 3.63) is 52.9 Å². The molecule has 1 aromatic heterocycles. The first kappa shape index (κ1) is 21.7. The van der Waals surface area contributed by atoms with Crippen LogP contribution in [0, 0.1) is 0 Å². The molecule has 1 atom stereocenters. The first-order chi connectivity index (χ1) is 15.0. The zero-order valence-corrected chi connectivity index (χ0v) is 19.1. The van der Waals surface area contributed by atoms with Gasteiger partial charge in [0.2, 0.25) is 17.7 Å². The first-order valence-electron chi connectivity index (χ1n) is 9.12. The summed E-state index contributed by atoms with van der Waals surface area (Å²) in [7, 11) is 0. The van der Waals surface area contributed by atoms with Gasteiger partial charge in [0.25, 0.3) is 0 Å². The first-order valence-corrected chi connectivity index (χ1v) is 11.8. The van der Waals surface area contributed by atoms with Crippen molar-refractivity contribution >= 4 is 73.2 Å². The SMILES string of the molecule is O=C1CSC(=N/N=C2/S[C@H](CC(=O)Nc3ccc(Br)cc3)C(=O)N2Cc2ccco2)N1. The van der Waals surface area contributed by atoms with Crippen molar-refractivity contribution in [2.45, 2.75) is 18.2 Å². The molecule has 3 amide bonds. The third-order valence-electron chi connectivity index (χ3n) is 4.23. The Balaban J connectivity index is 1.48. The number of hydrogen-bond donors (Lipinski definition) is 2. The van der Waals surface area contributed by atoms with Gasteiger partial charge in [0, 0.05) is 16.6 Å². The van der Waals surface area contributed by atoms with Gasteiger partial charge in [0.15, 0.2) is 10.3 Å². The Bertz CT molecular complexity index is 1060. The minimum Gasteiger partial charge on any atom is -0.467 e. The summed E-state index contributed by atoms with van der Waals surface area (Å²) in [5.41, 5.74) is 0.644. The fourth-order valence-corrected chi connectivity index (χ4v) is 4.78. The van der Waals surface area contributed by atoms with Crippen molar-refractivity contribution in [3.8, 4) is 0 Å². The quantitative estimate of drug-likeness (QED) is 0.564. The number of amides is 3. The molecule has 2 aliphatic rings. The summed E-state index contributed by atoms with van der Waals surface area (Å²) >= 11 is 5.75. The molecule has 2 saturated heterocycles. The van der Waals surface area contributed by atoms with E-state index < -0.39 is 5.25 Å². The second-order valence-corrected chi connectivity index (χ2v) is 9.54. The predicted octanol–water partition coefficient (Wildman–Crippen LogP) is 3.00.